The molecule has 1 unspecified atom stereocenters. The van der Waals surface area contributed by atoms with Crippen molar-refractivity contribution in [2.45, 2.75) is 58.4 Å². The Morgan fingerprint density at radius 3 is 2.60 bits per heavy atom. The van der Waals surface area contributed by atoms with Crippen LogP contribution in [0.2, 0.25) is 0 Å². The van der Waals surface area contributed by atoms with Crippen LogP contribution >= 0.6 is 0 Å². The first-order chi connectivity index (χ1) is 7.27. The van der Waals surface area contributed by atoms with Crippen LogP contribution in [0.4, 0.5) is 0 Å². The zero-order valence-corrected chi connectivity index (χ0v) is 10.3. The Hall–Kier alpha value is -0.300. The number of hydrogen-bond donors (Lipinski definition) is 1. The summed E-state index contributed by atoms with van der Waals surface area (Å²) in [5.74, 6) is 1.67. The maximum absolute atomic E-state index is 3.70. The van der Waals surface area contributed by atoms with Gasteiger partial charge in [-0.3, -0.25) is 0 Å². The predicted octanol–water partition coefficient (Wildman–Crippen LogP) is 3.51. The molecule has 0 amide bonds. The van der Waals surface area contributed by atoms with Crippen molar-refractivity contribution in [3.63, 3.8) is 0 Å². The van der Waals surface area contributed by atoms with Gasteiger partial charge in [0.05, 0.1) is 0 Å². The molecule has 2 aliphatic rings. The first kappa shape index (κ1) is 11.2. The van der Waals surface area contributed by atoms with Gasteiger partial charge < -0.3 is 5.32 Å². The molecule has 1 fully saturated rings. The van der Waals surface area contributed by atoms with Crippen LogP contribution in [0.3, 0.4) is 0 Å². The third-order valence-corrected chi connectivity index (χ3v) is 4.09. The molecule has 15 heavy (non-hydrogen) atoms. The van der Waals surface area contributed by atoms with Crippen LogP contribution in [0.25, 0.3) is 0 Å². The third-order valence-electron chi connectivity index (χ3n) is 4.09. The van der Waals surface area contributed by atoms with Crippen molar-refractivity contribution in [1.29, 1.82) is 0 Å². The van der Waals surface area contributed by atoms with Gasteiger partial charge in [-0.2, -0.15) is 0 Å². The van der Waals surface area contributed by atoms with Gasteiger partial charge >= 0.3 is 0 Å². The van der Waals surface area contributed by atoms with E-state index >= 15 is 0 Å². The topological polar surface area (TPSA) is 12.0 Å². The maximum Gasteiger partial charge on any atom is 0.0281 e. The Bertz CT molecular complexity index is 223. The molecule has 1 N–H and O–H groups in total. The molecular weight excluding hydrogens is 182 g/mol. The van der Waals surface area contributed by atoms with Crippen molar-refractivity contribution in [2.75, 3.05) is 6.54 Å². The van der Waals surface area contributed by atoms with Crippen LogP contribution in [0, 0.1) is 11.8 Å². The van der Waals surface area contributed by atoms with Gasteiger partial charge in [0.1, 0.15) is 0 Å². The van der Waals surface area contributed by atoms with E-state index < -0.39 is 0 Å². The molecule has 1 aliphatic carbocycles. The molecule has 2 rings (SSSR count). The van der Waals surface area contributed by atoms with Crippen LogP contribution in [-0.4, -0.2) is 12.6 Å². The lowest BCUT2D eigenvalue weighted by Crippen LogP contribution is -2.39. The van der Waals surface area contributed by atoms with Crippen LogP contribution < -0.4 is 5.32 Å². The molecule has 1 atom stereocenters. The fourth-order valence-electron chi connectivity index (χ4n) is 3.03. The van der Waals surface area contributed by atoms with Gasteiger partial charge in [-0.15, -0.1) is 0 Å². The minimum atomic E-state index is 0.691. The van der Waals surface area contributed by atoms with E-state index in [1.165, 1.54) is 45.1 Å². The Morgan fingerprint density at radius 1 is 1.20 bits per heavy atom. The summed E-state index contributed by atoms with van der Waals surface area (Å²) in [6.45, 7) is 5.86. The average molecular weight is 207 g/mol. The fourth-order valence-corrected chi connectivity index (χ4v) is 3.03. The monoisotopic (exact) mass is 207 g/mol. The number of rotatable bonds is 2. The summed E-state index contributed by atoms with van der Waals surface area (Å²) < 4.78 is 0. The zero-order valence-electron chi connectivity index (χ0n) is 10.3. The Kier molecular flexibility index (Phi) is 3.85. The van der Waals surface area contributed by atoms with Crippen molar-refractivity contribution >= 4 is 0 Å². The molecule has 86 valence electrons. The highest BCUT2D eigenvalue weighted by atomic mass is 14.9. The molecule has 1 aliphatic heterocycles. The quantitative estimate of drug-likeness (QED) is 0.683. The lowest BCUT2D eigenvalue weighted by atomic mass is 9.81. The Labute approximate surface area is 94.3 Å². The molecule has 0 bridgehead atoms. The fraction of sp³-hybridized carbons (Fsp3) is 0.857. The molecule has 0 aromatic heterocycles. The largest absolute Gasteiger partial charge is 0.310 e. The van der Waals surface area contributed by atoms with E-state index in [9.17, 15) is 0 Å². The lowest BCUT2D eigenvalue weighted by Gasteiger charge is -2.33. The summed E-state index contributed by atoms with van der Waals surface area (Å²) in [5, 5.41) is 3.70. The molecule has 1 nitrogen and oxygen atoms in total. The molecule has 1 heterocycles. The highest BCUT2D eigenvalue weighted by Crippen LogP contribution is 2.30. The molecule has 1 saturated carbocycles. The molecule has 0 radical (unpaired) electrons. The van der Waals surface area contributed by atoms with Gasteiger partial charge in [-0.05, 0) is 37.6 Å². The van der Waals surface area contributed by atoms with Crippen molar-refractivity contribution in [2.24, 2.45) is 11.8 Å². The first-order valence-electron chi connectivity index (χ1n) is 6.71. The second-order valence-electron chi connectivity index (χ2n) is 5.52. The summed E-state index contributed by atoms with van der Waals surface area (Å²) in [4.78, 5) is 0. The third kappa shape index (κ3) is 2.84. The summed E-state index contributed by atoms with van der Waals surface area (Å²) in [5.41, 5.74) is 1.68. The highest BCUT2D eigenvalue weighted by molar-refractivity contribution is 5.14. The minimum Gasteiger partial charge on any atom is -0.310 e. The van der Waals surface area contributed by atoms with Crippen LogP contribution in [-0.2, 0) is 0 Å². The van der Waals surface area contributed by atoms with Crippen molar-refractivity contribution in [1.82, 2.24) is 5.32 Å². The lowest BCUT2D eigenvalue weighted by molar-refractivity contribution is 0.293. The van der Waals surface area contributed by atoms with Gasteiger partial charge in [-0.25, -0.2) is 0 Å². The van der Waals surface area contributed by atoms with E-state index in [0.717, 1.165) is 11.8 Å². The second-order valence-corrected chi connectivity index (χ2v) is 5.52. The Morgan fingerprint density at radius 2 is 1.93 bits per heavy atom. The summed E-state index contributed by atoms with van der Waals surface area (Å²) in [6.07, 6.45) is 11.1. The summed E-state index contributed by atoms with van der Waals surface area (Å²) in [6, 6.07) is 0.691. The normalized spacial score (nSPS) is 29.3. The molecule has 0 aromatic rings. The SMILES string of the molecule is CC(C)C1=CC(C2CCCCC2)NCC1. The van der Waals surface area contributed by atoms with Gasteiger partial charge in [0, 0.05) is 6.04 Å². The van der Waals surface area contributed by atoms with E-state index in [1.807, 2.05) is 0 Å². The van der Waals surface area contributed by atoms with Crippen LogP contribution in [0.1, 0.15) is 52.4 Å². The minimum absolute atomic E-state index is 0.691. The zero-order chi connectivity index (χ0) is 10.7. The summed E-state index contributed by atoms with van der Waals surface area (Å²) >= 11 is 0. The van der Waals surface area contributed by atoms with Crippen molar-refractivity contribution in [3.8, 4) is 0 Å². The molecular formula is C14H25N. The van der Waals surface area contributed by atoms with Crippen molar-refractivity contribution in [3.05, 3.63) is 11.6 Å². The van der Waals surface area contributed by atoms with E-state index in [-0.39, 0.29) is 0 Å². The maximum atomic E-state index is 3.70. The number of hydrogen-bond acceptors (Lipinski definition) is 1. The molecule has 0 aromatic carbocycles. The van der Waals surface area contributed by atoms with E-state index in [1.54, 1.807) is 5.57 Å². The van der Waals surface area contributed by atoms with E-state index in [4.69, 9.17) is 0 Å². The number of nitrogens with one attached hydrogen (secondary N) is 1. The van der Waals surface area contributed by atoms with Gasteiger partial charge in [0.25, 0.3) is 0 Å². The van der Waals surface area contributed by atoms with Gasteiger partial charge in [0.2, 0.25) is 0 Å². The second kappa shape index (κ2) is 5.16. The van der Waals surface area contributed by atoms with E-state index in [2.05, 4.69) is 25.2 Å². The standard InChI is InChI=1S/C14H25N/c1-11(2)13-8-9-15-14(10-13)12-6-4-3-5-7-12/h10-12,14-15H,3-9H2,1-2H3. The Balaban J connectivity index is 1.98. The smallest absolute Gasteiger partial charge is 0.0281 e. The molecule has 0 spiro atoms. The highest BCUT2D eigenvalue weighted by Gasteiger charge is 2.24. The van der Waals surface area contributed by atoms with Crippen LogP contribution in [0.5, 0.6) is 0 Å². The van der Waals surface area contributed by atoms with Gasteiger partial charge in [0.15, 0.2) is 0 Å². The first-order valence-corrected chi connectivity index (χ1v) is 6.71. The van der Waals surface area contributed by atoms with E-state index in [0.29, 0.717) is 6.04 Å². The average Bonchev–Trinajstić information content (AvgIpc) is 2.30. The predicted molar refractivity (Wildman–Crippen MR) is 65.9 cm³/mol. The summed E-state index contributed by atoms with van der Waals surface area (Å²) in [7, 11) is 0. The van der Waals surface area contributed by atoms with Crippen LogP contribution in [0.15, 0.2) is 11.6 Å². The van der Waals surface area contributed by atoms with Crippen molar-refractivity contribution < 1.29 is 0 Å². The molecule has 1 heteroatoms. The molecule has 0 saturated heterocycles. The van der Waals surface area contributed by atoms with Gasteiger partial charge in [-0.1, -0.05) is 44.8 Å².